The first-order chi connectivity index (χ1) is 13.7. The second-order valence-electron chi connectivity index (χ2n) is 6.99. The first kappa shape index (κ1) is 18.4. The van der Waals surface area contributed by atoms with E-state index in [1.807, 2.05) is 6.07 Å². The molecule has 3 heterocycles. The van der Waals surface area contributed by atoms with Crippen molar-refractivity contribution in [2.24, 2.45) is 0 Å². The first-order valence-corrected chi connectivity index (χ1v) is 9.32. The molecule has 3 N–H and O–H groups in total. The lowest BCUT2D eigenvalue weighted by molar-refractivity contribution is 0.0838. The molecule has 146 valence electrons. The second-order valence-corrected chi connectivity index (χ2v) is 6.99. The topological polar surface area (TPSA) is 99.6 Å². The first-order valence-electron chi connectivity index (χ1n) is 9.32. The summed E-state index contributed by atoms with van der Waals surface area (Å²) >= 11 is 0. The van der Waals surface area contributed by atoms with Crippen molar-refractivity contribution in [3.8, 4) is 0 Å². The average Bonchev–Trinajstić information content (AvgIpc) is 2.69. The van der Waals surface area contributed by atoms with Crippen molar-refractivity contribution in [1.29, 1.82) is 0 Å². The maximum Gasteiger partial charge on any atom is 0.270 e. The number of hydrogen-bond donors (Lipinski definition) is 3. The van der Waals surface area contributed by atoms with Crippen molar-refractivity contribution in [2.75, 3.05) is 31.6 Å². The van der Waals surface area contributed by atoms with Crippen LogP contribution in [0.1, 0.15) is 21.6 Å². The zero-order valence-electron chi connectivity index (χ0n) is 15.5. The number of benzene rings is 1. The Hall–Kier alpha value is -2.97. The van der Waals surface area contributed by atoms with E-state index in [-0.39, 0.29) is 18.1 Å². The molecule has 28 heavy (non-hydrogen) atoms. The fraction of sp³-hybridized carbons (Fsp3) is 0.350. The van der Waals surface area contributed by atoms with E-state index in [0.29, 0.717) is 19.0 Å². The quantitative estimate of drug-likeness (QED) is 0.655. The molecule has 0 bridgehead atoms. The number of rotatable bonds is 7. The van der Waals surface area contributed by atoms with Gasteiger partial charge in [0, 0.05) is 32.2 Å². The summed E-state index contributed by atoms with van der Waals surface area (Å²) in [5.74, 6) is 0.189. The largest absolute Gasteiger partial charge is 0.493 e. The summed E-state index contributed by atoms with van der Waals surface area (Å²) in [5.41, 5.74) is 3.82. The van der Waals surface area contributed by atoms with Crippen LogP contribution in [0, 0.1) is 0 Å². The van der Waals surface area contributed by atoms with Gasteiger partial charge in [0.05, 0.1) is 11.8 Å². The summed E-state index contributed by atoms with van der Waals surface area (Å²) in [7, 11) is 0. The van der Waals surface area contributed by atoms with Crippen molar-refractivity contribution in [1.82, 2.24) is 20.2 Å². The molecule has 0 saturated heterocycles. The summed E-state index contributed by atoms with van der Waals surface area (Å²) in [6, 6.07) is 9.95. The third-order valence-corrected chi connectivity index (χ3v) is 4.83. The summed E-state index contributed by atoms with van der Waals surface area (Å²) in [5, 5.41) is 16.1. The fourth-order valence-electron chi connectivity index (χ4n) is 3.32. The Kier molecular flexibility index (Phi) is 5.50. The molecule has 0 radical (unpaired) electrons. The minimum absolute atomic E-state index is 0.169. The van der Waals surface area contributed by atoms with Gasteiger partial charge in [-0.15, -0.1) is 0 Å². The highest BCUT2D eigenvalue weighted by molar-refractivity contribution is 5.92. The molecule has 2 aliphatic rings. The Balaban J connectivity index is 1.26. The summed E-state index contributed by atoms with van der Waals surface area (Å²) in [6.45, 7) is 2.91. The molecule has 0 fully saturated rings. The van der Waals surface area contributed by atoms with Crippen molar-refractivity contribution < 1.29 is 14.6 Å². The highest BCUT2D eigenvalue weighted by Gasteiger charge is 2.19. The number of β-amino-alcohol motifs (C(OH)–C–C–N with tert-alkyl or cyclic N) is 1. The number of aromatic nitrogens is 2. The van der Waals surface area contributed by atoms with Gasteiger partial charge in [0.2, 0.25) is 0 Å². The SMILES string of the molecule is O=C(NCC(O)CN1CCc2ccccc2C1)c1cc(NC2=COC2)ncn1. The number of nitrogens with zero attached hydrogens (tertiary/aromatic N) is 3. The summed E-state index contributed by atoms with van der Waals surface area (Å²) in [4.78, 5) is 22.6. The van der Waals surface area contributed by atoms with Gasteiger partial charge in [-0.2, -0.15) is 0 Å². The van der Waals surface area contributed by atoms with Crippen LogP contribution in [0.3, 0.4) is 0 Å². The molecular weight excluding hydrogens is 358 g/mol. The lowest BCUT2D eigenvalue weighted by atomic mass is 10.00. The maximum absolute atomic E-state index is 12.3. The van der Waals surface area contributed by atoms with Crippen LogP contribution in [0.25, 0.3) is 0 Å². The Morgan fingerprint density at radius 2 is 2.11 bits per heavy atom. The molecule has 1 unspecified atom stereocenters. The van der Waals surface area contributed by atoms with Crippen molar-refractivity contribution in [2.45, 2.75) is 19.1 Å². The number of anilines is 1. The number of aliphatic hydroxyl groups is 1. The van der Waals surface area contributed by atoms with Crippen LogP contribution in [0.4, 0.5) is 5.82 Å². The van der Waals surface area contributed by atoms with Crippen molar-refractivity contribution >= 4 is 11.7 Å². The number of ether oxygens (including phenoxy) is 1. The van der Waals surface area contributed by atoms with Gasteiger partial charge in [0.15, 0.2) is 0 Å². The molecule has 0 spiro atoms. The van der Waals surface area contributed by atoms with Gasteiger partial charge in [-0.3, -0.25) is 9.69 Å². The Morgan fingerprint density at radius 3 is 2.89 bits per heavy atom. The molecule has 1 atom stereocenters. The molecular formula is C20H23N5O3. The van der Waals surface area contributed by atoms with Crippen LogP contribution in [0.15, 0.2) is 48.6 Å². The third kappa shape index (κ3) is 4.47. The minimum Gasteiger partial charge on any atom is -0.493 e. The molecule has 8 heteroatoms. The lowest BCUT2D eigenvalue weighted by Crippen LogP contribution is -2.42. The zero-order chi connectivity index (χ0) is 19.3. The number of hydrogen-bond acceptors (Lipinski definition) is 7. The lowest BCUT2D eigenvalue weighted by Gasteiger charge is -2.30. The van der Waals surface area contributed by atoms with Crippen LogP contribution in [-0.4, -0.2) is 58.2 Å². The summed E-state index contributed by atoms with van der Waals surface area (Å²) in [6.07, 6.45) is 3.26. The maximum atomic E-state index is 12.3. The molecule has 8 nitrogen and oxygen atoms in total. The predicted octanol–water partition coefficient (Wildman–Crippen LogP) is 0.909. The van der Waals surface area contributed by atoms with Crippen LogP contribution >= 0.6 is 0 Å². The van der Waals surface area contributed by atoms with E-state index < -0.39 is 6.10 Å². The van der Waals surface area contributed by atoms with Crippen LogP contribution in [-0.2, 0) is 17.7 Å². The Labute approximate surface area is 163 Å². The van der Waals surface area contributed by atoms with Crippen LogP contribution in [0.2, 0.25) is 0 Å². The molecule has 0 aliphatic carbocycles. The van der Waals surface area contributed by atoms with Gasteiger partial charge < -0.3 is 20.5 Å². The molecule has 1 aromatic heterocycles. The average molecular weight is 381 g/mol. The van der Waals surface area contributed by atoms with E-state index in [4.69, 9.17) is 4.74 Å². The van der Waals surface area contributed by atoms with E-state index in [9.17, 15) is 9.90 Å². The van der Waals surface area contributed by atoms with E-state index in [2.05, 4.69) is 43.7 Å². The predicted molar refractivity (Wildman–Crippen MR) is 103 cm³/mol. The third-order valence-electron chi connectivity index (χ3n) is 4.83. The molecule has 2 aliphatic heterocycles. The number of aliphatic hydroxyl groups excluding tert-OH is 1. The Bertz CT molecular complexity index is 886. The molecule has 4 rings (SSSR count). The van der Waals surface area contributed by atoms with Crippen molar-refractivity contribution in [3.05, 3.63) is 65.4 Å². The van der Waals surface area contributed by atoms with Crippen LogP contribution < -0.4 is 10.6 Å². The van der Waals surface area contributed by atoms with Crippen LogP contribution in [0.5, 0.6) is 0 Å². The smallest absolute Gasteiger partial charge is 0.270 e. The second kappa shape index (κ2) is 8.37. The Morgan fingerprint density at radius 1 is 1.29 bits per heavy atom. The highest BCUT2D eigenvalue weighted by atomic mass is 16.5. The van der Waals surface area contributed by atoms with E-state index in [0.717, 1.165) is 25.2 Å². The zero-order valence-corrected chi connectivity index (χ0v) is 15.5. The van der Waals surface area contributed by atoms with Gasteiger partial charge >= 0.3 is 0 Å². The number of carbonyl (C=O) groups is 1. The number of nitrogens with one attached hydrogen (secondary N) is 2. The number of fused-ring (bicyclic) bond motifs is 1. The molecule has 1 amide bonds. The molecule has 0 saturated carbocycles. The molecule has 1 aromatic carbocycles. The number of amides is 1. The fourth-order valence-corrected chi connectivity index (χ4v) is 3.32. The summed E-state index contributed by atoms with van der Waals surface area (Å²) < 4.78 is 4.95. The van der Waals surface area contributed by atoms with Crippen molar-refractivity contribution in [3.63, 3.8) is 0 Å². The highest BCUT2D eigenvalue weighted by Crippen LogP contribution is 2.18. The molecule has 2 aromatic rings. The van der Waals surface area contributed by atoms with Gasteiger partial charge in [-0.1, -0.05) is 24.3 Å². The van der Waals surface area contributed by atoms with Gasteiger partial charge in [-0.25, -0.2) is 9.97 Å². The standard InChI is InChI=1S/C20H23N5O3/c26-17(10-25-6-5-14-3-1-2-4-15(14)9-25)8-21-20(27)18-7-19(23-13-22-18)24-16-11-28-12-16/h1-4,7,11,13,17,26H,5-6,8-10,12H2,(H,21,27)(H,22,23,24). The number of carbonyl (C=O) groups excluding carboxylic acids is 1. The van der Waals surface area contributed by atoms with E-state index in [1.165, 1.54) is 17.5 Å². The van der Waals surface area contributed by atoms with Gasteiger partial charge in [-0.05, 0) is 17.5 Å². The van der Waals surface area contributed by atoms with E-state index in [1.54, 1.807) is 12.3 Å². The van der Waals surface area contributed by atoms with Gasteiger partial charge in [0.25, 0.3) is 5.91 Å². The van der Waals surface area contributed by atoms with Gasteiger partial charge in [0.1, 0.15) is 30.7 Å². The monoisotopic (exact) mass is 381 g/mol. The van der Waals surface area contributed by atoms with E-state index >= 15 is 0 Å². The minimum atomic E-state index is -0.647. The normalized spacial score (nSPS) is 16.8.